The number of rotatable bonds is 6. The SMILES string of the molecule is CCOc1cccc([C@H](C)N2CCCC(Cc3cc(C)nc(C)c3)C2)n1. The van der Waals surface area contributed by atoms with Crippen LogP contribution in [0.15, 0.2) is 30.3 Å². The van der Waals surface area contributed by atoms with Gasteiger partial charge in [0, 0.05) is 30.0 Å². The molecule has 0 bridgehead atoms. The molecule has 0 saturated carbocycles. The van der Waals surface area contributed by atoms with Crippen LogP contribution in [0.1, 0.15) is 55.4 Å². The molecular weight excluding hydrogens is 322 g/mol. The van der Waals surface area contributed by atoms with E-state index in [0.29, 0.717) is 18.6 Å². The highest BCUT2D eigenvalue weighted by Crippen LogP contribution is 2.28. The molecule has 0 spiro atoms. The minimum atomic E-state index is 0.319. The first-order chi connectivity index (χ1) is 12.5. The predicted molar refractivity (Wildman–Crippen MR) is 106 cm³/mol. The van der Waals surface area contributed by atoms with Crippen LogP contribution in [0.5, 0.6) is 5.88 Å². The van der Waals surface area contributed by atoms with E-state index in [1.165, 1.54) is 18.4 Å². The van der Waals surface area contributed by atoms with Gasteiger partial charge < -0.3 is 4.74 Å². The largest absolute Gasteiger partial charge is 0.478 e. The fourth-order valence-corrected chi connectivity index (χ4v) is 4.07. The van der Waals surface area contributed by atoms with Crippen molar-refractivity contribution in [3.05, 3.63) is 53.0 Å². The van der Waals surface area contributed by atoms with E-state index < -0.39 is 0 Å². The summed E-state index contributed by atoms with van der Waals surface area (Å²) in [7, 11) is 0. The van der Waals surface area contributed by atoms with Gasteiger partial charge in [-0.1, -0.05) is 6.07 Å². The molecule has 2 atom stereocenters. The molecule has 3 rings (SSSR count). The van der Waals surface area contributed by atoms with Gasteiger partial charge in [0.2, 0.25) is 5.88 Å². The molecule has 2 aromatic heterocycles. The summed E-state index contributed by atoms with van der Waals surface area (Å²) in [6, 6.07) is 10.9. The Morgan fingerprint density at radius 2 is 1.96 bits per heavy atom. The van der Waals surface area contributed by atoms with E-state index in [1.807, 2.05) is 19.1 Å². The molecular formula is C22H31N3O. The number of aromatic nitrogens is 2. The van der Waals surface area contributed by atoms with Gasteiger partial charge in [-0.05, 0) is 83.2 Å². The predicted octanol–water partition coefficient (Wildman–Crippen LogP) is 4.51. The minimum Gasteiger partial charge on any atom is -0.478 e. The minimum absolute atomic E-state index is 0.319. The zero-order valence-corrected chi connectivity index (χ0v) is 16.5. The molecule has 1 aliphatic heterocycles. The van der Waals surface area contributed by atoms with Crippen molar-refractivity contribution in [2.24, 2.45) is 5.92 Å². The number of likely N-dealkylation sites (tertiary alicyclic amines) is 1. The van der Waals surface area contributed by atoms with Crippen molar-refractivity contribution in [2.75, 3.05) is 19.7 Å². The summed E-state index contributed by atoms with van der Waals surface area (Å²) in [5, 5.41) is 0. The molecule has 0 aliphatic carbocycles. The lowest BCUT2D eigenvalue weighted by Crippen LogP contribution is -2.38. The van der Waals surface area contributed by atoms with Crippen LogP contribution in [-0.2, 0) is 6.42 Å². The van der Waals surface area contributed by atoms with Gasteiger partial charge in [0.05, 0.1) is 12.3 Å². The van der Waals surface area contributed by atoms with E-state index >= 15 is 0 Å². The zero-order valence-electron chi connectivity index (χ0n) is 16.5. The summed E-state index contributed by atoms with van der Waals surface area (Å²) in [6.07, 6.45) is 3.69. The van der Waals surface area contributed by atoms with E-state index in [9.17, 15) is 0 Å². The van der Waals surface area contributed by atoms with E-state index in [4.69, 9.17) is 9.72 Å². The third-order valence-electron chi connectivity index (χ3n) is 5.23. The second-order valence-corrected chi connectivity index (χ2v) is 7.48. The molecule has 4 nitrogen and oxygen atoms in total. The van der Waals surface area contributed by atoms with Gasteiger partial charge in [-0.15, -0.1) is 0 Å². The summed E-state index contributed by atoms with van der Waals surface area (Å²) < 4.78 is 5.57. The summed E-state index contributed by atoms with van der Waals surface area (Å²) in [4.78, 5) is 11.8. The fourth-order valence-electron chi connectivity index (χ4n) is 4.07. The quantitative estimate of drug-likeness (QED) is 0.766. The molecule has 140 valence electrons. The van der Waals surface area contributed by atoms with Crippen LogP contribution in [0.4, 0.5) is 0 Å². The Balaban J connectivity index is 1.66. The molecule has 1 aliphatic rings. The summed E-state index contributed by atoms with van der Waals surface area (Å²) in [5.74, 6) is 1.43. The van der Waals surface area contributed by atoms with Crippen molar-refractivity contribution in [1.29, 1.82) is 0 Å². The molecule has 1 unspecified atom stereocenters. The number of pyridine rings is 2. The fraction of sp³-hybridized carbons (Fsp3) is 0.545. The molecule has 0 N–H and O–H groups in total. The molecule has 26 heavy (non-hydrogen) atoms. The lowest BCUT2D eigenvalue weighted by atomic mass is 9.90. The lowest BCUT2D eigenvalue weighted by Gasteiger charge is -2.36. The Kier molecular flexibility index (Phi) is 6.25. The second-order valence-electron chi connectivity index (χ2n) is 7.48. The molecule has 0 amide bonds. The number of nitrogens with zero attached hydrogens (tertiary/aromatic N) is 3. The molecule has 2 aromatic rings. The average molecular weight is 354 g/mol. The zero-order chi connectivity index (χ0) is 18.5. The smallest absolute Gasteiger partial charge is 0.213 e. The maximum Gasteiger partial charge on any atom is 0.213 e. The van der Waals surface area contributed by atoms with Gasteiger partial charge in [0.1, 0.15) is 0 Å². The first-order valence-electron chi connectivity index (χ1n) is 9.83. The first kappa shape index (κ1) is 18.8. The first-order valence-corrected chi connectivity index (χ1v) is 9.83. The standard InChI is InChI=1S/C22H31N3O/c1-5-26-22-10-6-9-21(24-22)18(4)25-11-7-8-19(15-25)14-20-12-16(2)23-17(3)13-20/h6,9-10,12-13,18-19H,5,7-8,11,14-15H2,1-4H3/t18-,19?/m0/s1. The topological polar surface area (TPSA) is 38.2 Å². The van der Waals surface area contributed by atoms with Crippen LogP contribution in [-0.4, -0.2) is 34.6 Å². The monoisotopic (exact) mass is 353 g/mol. The Morgan fingerprint density at radius 3 is 2.69 bits per heavy atom. The van der Waals surface area contributed by atoms with Crippen LogP contribution < -0.4 is 4.74 Å². The van der Waals surface area contributed by atoms with Crippen molar-refractivity contribution >= 4 is 0 Å². The highest BCUT2D eigenvalue weighted by molar-refractivity contribution is 5.21. The van der Waals surface area contributed by atoms with Gasteiger partial charge in [0.15, 0.2) is 0 Å². The van der Waals surface area contributed by atoms with Crippen molar-refractivity contribution in [1.82, 2.24) is 14.9 Å². The van der Waals surface area contributed by atoms with Gasteiger partial charge in [-0.25, -0.2) is 4.98 Å². The van der Waals surface area contributed by atoms with Gasteiger partial charge in [-0.3, -0.25) is 9.88 Å². The number of piperidine rings is 1. The van der Waals surface area contributed by atoms with E-state index in [-0.39, 0.29) is 0 Å². The van der Waals surface area contributed by atoms with E-state index in [2.05, 4.69) is 48.9 Å². The van der Waals surface area contributed by atoms with Crippen LogP contribution in [0.2, 0.25) is 0 Å². The van der Waals surface area contributed by atoms with E-state index in [0.717, 1.165) is 42.5 Å². The van der Waals surface area contributed by atoms with Crippen molar-refractivity contribution in [2.45, 2.75) is 53.0 Å². The summed E-state index contributed by atoms with van der Waals surface area (Å²) in [6.45, 7) is 11.4. The van der Waals surface area contributed by atoms with Crippen LogP contribution in [0.25, 0.3) is 0 Å². The van der Waals surface area contributed by atoms with Crippen LogP contribution in [0, 0.1) is 19.8 Å². The third-order valence-corrected chi connectivity index (χ3v) is 5.23. The Morgan fingerprint density at radius 1 is 1.19 bits per heavy atom. The highest BCUT2D eigenvalue weighted by Gasteiger charge is 2.25. The maximum absolute atomic E-state index is 5.57. The lowest BCUT2D eigenvalue weighted by molar-refractivity contribution is 0.128. The van der Waals surface area contributed by atoms with Crippen molar-refractivity contribution in [3.8, 4) is 5.88 Å². The van der Waals surface area contributed by atoms with E-state index in [1.54, 1.807) is 0 Å². The summed E-state index contributed by atoms with van der Waals surface area (Å²) >= 11 is 0. The average Bonchev–Trinajstić information content (AvgIpc) is 2.61. The molecule has 4 heteroatoms. The van der Waals surface area contributed by atoms with Crippen LogP contribution >= 0.6 is 0 Å². The number of aryl methyl sites for hydroxylation is 2. The Hall–Kier alpha value is -1.94. The molecule has 0 radical (unpaired) electrons. The highest BCUT2D eigenvalue weighted by atomic mass is 16.5. The summed E-state index contributed by atoms with van der Waals surface area (Å²) in [5.41, 5.74) is 4.77. The van der Waals surface area contributed by atoms with Gasteiger partial charge >= 0.3 is 0 Å². The van der Waals surface area contributed by atoms with Crippen molar-refractivity contribution < 1.29 is 4.74 Å². The maximum atomic E-state index is 5.57. The normalized spacial score (nSPS) is 19.3. The number of hydrogen-bond acceptors (Lipinski definition) is 4. The third kappa shape index (κ3) is 4.82. The molecule has 1 fully saturated rings. The Labute approximate surface area is 157 Å². The van der Waals surface area contributed by atoms with Gasteiger partial charge in [-0.2, -0.15) is 0 Å². The molecule has 0 aromatic carbocycles. The second kappa shape index (κ2) is 8.63. The van der Waals surface area contributed by atoms with Gasteiger partial charge in [0.25, 0.3) is 0 Å². The molecule has 1 saturated heterocycles. The number of ether oxygens (including phenoxy) is 1. The number of hydrogen-bond donors (Lipinski definition) is 0. The Bertz CT molecular complexity index is 711. The molecule has 3 heterocycles. The van der Waals surface area contributed by atoms with Crippen molar-refractivity contribution in [3.63, 3.8) is 0 Å². The van der Waals surface area contributed by atoms with Crippen LogP contribution in [0.3, 0.4) is 0 Å².